The molecule has 2 N–H and O–H groups in total. The van der Waals surface area contributed by atoms with Gasteiger partial charge in [0.1, 0.15) is 0 Å². The van der Waals surface area contributed by atoms with Crippen LogP contribution in [0.4, 0.5) is 0 Å². The molecule has 0 aromatic carbocycles. The van der Waals surface area contributed by atoms with Crippen LogP contribution in [0.1, 0.15) is 0 Å². The van der Waals surface area contributed by atoms with Crippen molar-refractivity contribution in [3.63, 3.8) is 0 Å². The summed E-state index contributed by atoms with van der Waals surface area (Å²) < 4.78 is 0. The van der Waals surface area contributed by atoms with E-state index >= 15 is 0 Å². The molecule has 0 aliphatic rings. The van der Waals surface area contributed by atoms with E-state index in [1.54, 1.807) is 0 Å². The molecule has 0 heterocycles. The van der Waals surface area contributed by atoms with Crippen molar-refractivity contribution in [3.05, 3.63) is 6.15 Å². The maximum Gasteiger partial charge on any atom is 0 e. The Morgan fingerprint density at radius 3 is 0.500 bits per heavy atom. The third-order valence-electron chi connectivity index (χ3n) is 0. The topological polar surface area (TPSA) is 33.5 Å². The third kappa shape index (κ3) is 9.68. The first-order valence-electron chi connectivity index (χ1n) is 0. The normalized spacial score (nSPS) is 0. The van der Waals surface area contributed by atoms with E-state index in [1.165, 1.54) is 0 Å². The van der Waals surface area contributed by atoms with E-state index in [1.807, 2.05) is 0 Å². The Morgan fingerprint density at radius 1 is 0.500 bits per heavy atom. The van der Waals surface area contributed by atoms with Crippen LogP contribution in [0.2, 0.25) is 0 Å². The molecular formula is H2Fe3N-. The summed E-state index contributed by atoms with van der Waals surface area (Å²) in [4.78, 5) is 0. The van der Waals surface area contributed by atoms with E-state index < -0.39 is 0 Å². The van der Waals surface area contributed by atoms with Gasteiger partial charge in [-0.05, 0) is 0 Å². The Bertz CT molecular complexity index is 3.25. The van der Waals surface area contributed by atoms with Crippen LogP contribution in [0, 0.1) is 0 Å². The number of hydrogen-bond donors (Lipinski definition) is 0. The SMILES string of the molecule is [Fe].[Fe].[Fe].[NH2-]. The van der Waals surface area contributed by atoms with Gasteiger partial charge in [0.05, 0.1) is 0 Å². The van der Waals surface area contributed by atoms with Crippen molar-refractivity contribution in [2.45, 2.75) is 0 Å². The van der Waals surface area contributed by atoms with Gasteiger partial charge in [-0.3, -0.25) is 0 Å². The average molecular weight is 184 g/mol. The molecule has 0 saturated heterocycles. The van der Waals surface area contributed by atoms with Crippen LogP contribution in [-0.2, 0) is 51.2 Å². The van der Waals surface area contributed by atoms with Crippen molar-refractivity contribution in [1.29, 1.82) is 0 Å². The van der Waals surface area contributed by atoms with E-state index in [4.69, 9.17) is 0 Å². The van der Waals surface area contributed by atoms with Crippen LogP contribution in [0.15, 0.2) is 0 Å². The number of hydrogen-bond acceptors (Lipinski definition) is 0. The molecule has 0 rings (SSSR count). The van der Waals surface area contributed by atoms with E-state index in [-0.39, 0.29) is 57.4 Å². The molecule has 0 unspecified atom stereocenters. The molecule has 0 aromatic heterocycles. The second-order valence-corrected chi connectivity index (χ2v) is 0. The molecule has 0 saturated carbocycles. The molecule has 0 amide bonds. The Hall–Kier alpha value is 1.52. The van der Waals surface area contributed by atoms with Gasteiger partial charge in [-0.25, -0.2) is 0 Å². The second-order valence-electron chi connectivity index (χ2n) is 0. The van der Waals surface area contributed by atoms with Gasteiger partial charge < -0.3 is 6.15 Å². The van der Waals surface area contributed by atoms with Gasteiger partial charge in [0, 0.05) is 51.2 Å². The van der Waals surface area contributed by atoms with E-state index in [0.717, 1.165) is 0 Å². The molecule has 0 spiro atoms. The Labute approximate surface area is 57.3 Å². The van der Waals surface area contributed by atoms with Crippen LogP contribution in [0.3, 0.4) is 0 Å². The second kappa shape index (κ2) is 24.3. The summed E-state index contributed by atoms with van der Waals surface area (Å²) in [5.41, 5.74) is 0. The Morgan fingerprint density at radius 2 is 0.500 bits per heavy atom. The summed E-state index contributed by atoms with van der Waals surface area (Å²) >= 11 is 0. The van der Waals surface area contributed by atoms with Gasteiger partial charge in [0.25, 0.3) is 0 Å². The van der Waals surface area contributed by atoms with Crippen molar-refractivity contribution >= 4 is 0 Å². The van der Waals surface area contributed by atoms with Gasteiger partial charge in [-0.2, -0.15) is 0 Å². The van der Waals surface area contributed by atoms with Gasteiger partial charge in [0.2, 0.25) is 0 Å². The quantitative estimate of drug-likeness (QED) is 0.496. The van der Waals surface area contributed by atoms with E-state index in [0.29, 0.717) is 0 Å². The van der Waals surface area contributed by atoms with Crippen LogP contribution >= 0.6 is 0 Å². The Kier molecular flexibility index (Phi) is 296. The minimum absolute atomic E-state index is 0. The standard InChI is InChI=1S/3Fe.H2N/h;;;1H2/q;;;-1. The molecule has 0 atom stereocenters. The fraction of sp³-hybridized carbons (Fsp3) is 0. The van der Waals surface area contributed by atoms with Gasteiger partial charge in [0.15, 0.2) is 0 Å². The van der Waals surface area contributed by atoms with Gasteiger partial charge in [-0.1, -0.05) is 0 Å². The fourth-order valence-electron chi connectivity index (χ4n) is 0. The molecule has 4 heteroatoms. The maximum atomic E-state index is 0. The molecule has 4 heavy (non-hydrogen) atoms. The van der Waals surface area contributed by atoms with Crippen molar-refractivity contribution in [3.8, 4) is 0 Å². The predicted molar refractivity (Wildman–Crippen MR) is 5.28 cm³/mol. The third-order valence-corrected chi connectivity index (χ3v) is 0. The summed E-state index contributed by atoms with van der Waals surface area (Å²) in [7, 11) is 0. The molecule has 0 radical (unpaired) electrons. The summed E-state index contributed by atoms with van der Waals surface area (Å²) in [5.74, 6) is 0. The molecule has 0 aliphatic carbocycles. The zero-order chi connectivity index (χ0) is 0. The van der Waals surface area contributed by atoms with Crippen LogP contribution in [0.25, 0.3) is 6.15 Å². The van der Waals surface area contributed by atoms with Crippen LogP contribution < -0.4 is 0 Å². The summed E-state index contributed by atoms with van der Waals surface area (Å²) in [6, 6.07) is 0. The zero-order valence-corrected chi connectivity index (χ0v) is 4.95. The van der Waals surface area contributed by atoms with Gasteiger partial charge >= 0.3 is 0 Å². The van der Waals surface area contributed by atoms with Crippen molar-refractivity contribution < 1.29 is 51.2 Å². The van der Waals surface area contributed by atoms with Crippen molar-refractivity contribution in [2.75, 3.05) is 0 Å². The summed E-state index contributed by atoms with van der Waals surface area (Å²) in [5, 5.41) is 0. The minimum Gasteiger partial charge on any atom is -0.693 e. The zero-order valence-electron chi connectivity index (χ0n) is 1.64. The van der Waals surface area contributed by atoms with Crippen LogP contribution in [0.5, 0.6) is 0 Å². The molecule has 0 fully saturated rings. The predicted octanol–water partition coefficient (Wildman–Crippen LogP) is 0.710. The summed E-state index contributed by atoms with van der Waals surface area (Å²) in [6.45, 7) is 0. The molecule has 0 aliphatic heterocycles. The minimum atomic E-state index is 0. The number of rotatable bonds is 0. The molecule has 0 aromatic rings. The summed E-state index contributed by atoms with van der Waals surface area (Å²) in [6.07, 6.45) is 0. The monoisotopic (exact) mass is 184 g/mol. The first kappa shape index (κ1) is 48.9. The van der Waals surface area contributed by atoms with Crippen molar-refractivity contribution in [2.24, 2.45) is 0 Å². The molecule has 32 valence electrons. The molecule has 1 nitrogen and oxygen atoms in total. The number of nitrogens with two attached hydrogens (primary N) is 1. The molecule has 0 bridgehead atoms. The molecular weight excluding hydrogens is 182 g/mol. The van der Waals surface area contributed by atoms with Gasteiger partial charge in [-0.15, -0.1) is 0 Å². The first-order valence-corrected chi connectivity index (χ1v) is 0. The van der Waals surface area contributed by atoms with E-state index in [2.05, 4.69) is 0 Å². The smallest absolute Gasteiger partial charge is 0 e. The maximum absolute atomic E-state index is 0. The largest absolute Gasteiger partial charge is 0.693 e. The van der Waals surface area contributed by atoms with Crippen LogP contribution in [-0.4, -0.2) is 0 Å². The Balaban J connectivity index is 0. The van der Waals surface area contributed by atoms with Crippen molar-refractivity contribution in [1.82, 2.24) is 0 Å². The average Bonchev–Trinajstić information content (AvgIpc) is 0. The first-order chi connectivity index (χ1) is 0. The van der Waals surface area contributed by atoms with E-state index in [9.17, 15) is 0 Å². The fourth-order valence-corrected chi connectivity index (χ4v) is 0.